The fourth-order valence-corrected chi connectivity index (χ4v) is 2.29. The molecular weight excluding hydrogens is 282 g/mol. The van der Waals surface area contributed by atoms with Gasteiger partial charge in [0.15, 0.2) is 0 Å². The Morgan fingerprint density at radius 1 is 0.696 bits per heavy atom. The molecular formula is C21H19NO. The van der Waals surface area contributed by atoms with Gasteiger partial charge in [0.05, 0.1) is 6.54 Å². The van der Waals surface area contributed by atoms with Crippen LogP contribution in [0.5, 0.6) is 5.75 Å². The van der Waals surface area contributed by atoms with Gasteiger partial charge in [-0.15, -0.1) is 0 Å². The van der Waals surface area contributed by atoms with Gasteiger partial charge in [0.25, 0.3) is 0 Å². The molecule has 0 unspecified atom stereocenters. The average molecular weight is 301 g/mol. The van der Waals surface area contributed by atoms with Gasteiger partial charge in [-0.1, -0.05) is 72.8 Å². The van der Waals surface area contributed by atoms with Crippen molar-refractivity contribution < 1.29 is 4.74 Å². The first-order valence-electron chi connectivity index (χ1n) is 7.71. The standard InChI is InChI=1S/C21H19NO/c1-3-9-18(10-4-1)15-22-16-20-13-7-8-14-21(20)23-17-19-11-5-2-6-12-19/h1-14,16H,15,17H2. The fourth-order valence-electron chi connectivity index (χ4n) is 2.29. The first kappa shape index (κ1) is 15.0. The molecule has 3 aromatic carbocycles. The predicted octanol–water partition coefficient (Wildman–Crippen LogP) is 4.88. The van der Waals surface area contributed by atoms with Crippen molar-refractivity contribution in [3.8, 4) is 5.75 Å². The van der Waals surface area contributed by atoms with E-state index in [2.05, 4.69) is 29.3 Å². The van der Waals surface area contributed by atoms with Gasteiger partial charge in [-0.3, -0.25) is 4.99 Å². The van der Waals surface area contributed by atoms with Gasteiger partial charge < -0.3 is 4.74 Å². The summed E-state index contributed by atoms with van der Waals surface area (Å²) in [5.41, 5.74) is 3.36. The molecule has 0 aliphatic carbocycles. The highest BCUT2D eigenvalue weighted by Crippen LogP contribution is 2.18. The Balaban J connectivity index is 1.65. The zero-order valence-electron chi connectivity index (χ0n) is 12.9. The molecule has 2 nitrogen and oxygen atoms in total. The molecule has 0 heterocycles. The summed E-state index contributed by atoms with van der Waals surface area (Å²) in [6.45, 7) is 1.23. The Labute approximate surface area is 137 Å². The number of ether oxygens (including phenoxy) is 1. The number of rotatable bonds is 6. The van der Waals surface area contributed by atoms with Crippen LogP contribution in [0, 0.1) is 0 Å². The maximum absolute atomic E-state index is 5.93. The zero-order chi connectivity index (χ0) is 15.7. The normalized spacial score (nSPS) is 10.8. The molecule has 0 atom stereocenters. The first-order valence-corrected chi connectivity index (χ1v) is 7.71. The molecule has 0 aliphatic rings. The van der Waals surface area contributed by atoms with Crippen LogP contribution in [-0.2, 0) is 13.2 Å². The van der Waals surface area contributed by atoms with Gasteiger partial charge in [-0.2, -0.15) is 0 Å². The second-order valence-electron chi connectivity index (χ2n) is 5.27. The van der Waals surface area contributed by atoms with E-state index in [-0.39, 0.29) is 0 Å². The van der Waals surface area contributed by atoms with E-state index in [0.717, 1.165) is 16.9 Å². The third kappa shape index (κ3) is 4.55. The topological polar surface area (TPSA) is 21.6 Å². The van der Waals surface area contributed by atoms with E-state index in [4.69, 9.17) is 4.74 Å². The summed E-state index contributed by atoms with van der Waals surface area (Å²) in [4.78, 5) is 4.52. The Bertz CT molecular complexity index is 751. The predicted molar refractivity (Wildman–Crippen MR) is 95.0 cm³/mol. The third-order valence-electron chi connectivity index (χ3n) is 3.50. The van der Waals surface area contributed by atoms with E-state index in [1.165, 1.54) is 5.56 Å². The van der Waals surface area contributed by atoms with Gasteiger partial charge in [0.1, 0.15) is 12.4 Å². The molecule has 0 aliphatic heterocycles. The van der Waals surface area contributed by atoms with Crippen LogP contribution >= 0.6 is 0 Å². The lowest BCUT2D eigenvalue weighted by Gasteiger charge is -2.09. The van der Waals surface area contributed by atoms with Crippen molar-refractivity contribution in [3.05, 3.63) is 102 Å². The van der Waals surface area contributed by atoms with E-state index in [1.54, 1.807) is 0 Å². The molecule has 0 bridgehead atoms. The lowest BCUT2D eigenvalue weighted by molar-refractivity contribution is 0.306. The van der Waals surface area contributed by atoms with Crippen molar-refractivity contribution in [1.29, 1.82) is 0 Å². The molecule has 114 valence electrons. The Morgan fingerprint density at radius 3 is 2.04 bits per heavy atom. The molecule has 23 heavy (non-hydrogen) atoms. The largest absolute Gasteiger partial charge is 0.488 e. The number of nitrogens with zero attached hydrogens (tertiary/aromatic N) is 1. The van der Waals surface area contributed by atoms with Crippen LogP contribution in [-0.4, -0.2) is 6.21 Å². The van der Waals surface area contributed by atoms with Crippen molar-refractivity contribution in [1.82, 2.24) is 0 Å². The molecule has 3 rings (SSSR count). The summed E-state index contributed by atoms with van der Waals surface area (Å²) >= 11 is 0. The van der Waals surface area contributed by atoms with Crippen molar-refractivity contribution in [2.45, 2.75) is 13.2 Å². The smallest absolute Gasteiger partial charge is 0.128 e. The number of para-hydroxylation sites is 1. The van der Waals surface area contributed by atoms with E-state index >= 15 is 0 Å². The highest BCUT2D eigenvalue weighted by Gasteiger charge is 2.01. The average Bonchev–Trinajstić information content (AvgIpc) is 2.63. The van der Waals surface area contributed by atoms with Gasteiger partial charge in [0, 0.05) is 11.8 Å². The fraction of sp³-hybridized carbons (Fsp3) is 0.0952. The van der Waals surface area contributed by atoms with Crippen molar-refractivity contribution in [3.63, 3.8) is 0 Å². The molecule has 0 aromatic heterocycles. The first-order chi connectivity index (χ1) is 11.4. The molecule has 0 saturated carbocycles. The maximum Gasteiger partial charge on any atom is 0.128 e. The minimum Gasteiger partial charge on any atom is -0.488 e. The van der Waals surface area contributed by atoms with Gasteiger partial charge in [0.2, 0.25) is 0 Å². The summed E-state index contributed by atoms with van der Waals surface area (Å²) in [7, 11) is 0. The van der Waals surface area contributed by atoms with Crippen molar-refractivity contribution in [2.75, 3.05) is 0 Å². The molecule has 0 radical (unpaired) electrons. The highest BCUT2D eigenvalue weighted by molar-refractivity contribution is 5.83. The van der Waals surface area contributed by atoms with Gasteiger partial charge in [-0.25, -0.2) is 0 Å². The SMILES string of the molecule is C(=NCc1ccccc1)c1ccccc1OCc1ccccc1. The van der Waals surface area contributed by atoms with Crippen LogP contribution in [0.1, 0.15) is 16.7 Å². The summed E-state index contributed by atoms with van der Waals surface area (Å²) in [5.74, 6) is 0.855. The van der Waals surface area contributed by atoms with Crippen LogP contribution in [0.2, 0.25) is 0 Å². The van der Waals surface area contributed by atoms with Gasteiger partial charge >= 0.3 is 0 Å². The van der Waals surface area contributed by atoms with Gasteiger partial charge in [-0.05, 0) is 23.3 Å². The Morgan fingerprint density at radius 2 is 1.30 bits per heavy atom. The molecule has 0 fully saturated rings. The highest BCUT2D eigenvalue weighted by atomic mass is 16.5. The van der Waals surface area contributed by atoms with Crippen LogP contribution in [0.4, 0.5) is 0 Å². The van der Waals surface area contributed by atoms with Crippen LogP contribution in [0.3, 0.4) is 0 Å². The van der Waals surface area contributed by atoms with E-state index in [9.17, 15) is 0 Å². The lowest BCUT2D eigenvalue weighted by Crippen LogP contribution is -1.98. The minimum absolute atomic E-state index is 0.560. The molecule has 2 heteroatoms. The van der Waals surface area contributed by atoms with Crippen molar-refractivity contribution in [2.24, 2.45) is 4.99 Å². The summed E-state index contributed by atoms with van der Waals surface area (Å²) < 4.78 is 5.93. The molecule has 0 spiro atoms. The summed E-state index contributed by atoms with van der Waals surface area (Å²) in [6.07, 6.45) is 1.88. The third-order valence-corrected chi connectivity index (χ3v) is 3.50. The Kier molecular flexibility index (Phi) is 5.20. The number of aliphatic imine (C=N–C) groups is 1. The van der Waals surface area contributed by atoms with E-state index < -0.39 is 0 Å². The number of benzene rings is 3. The second kappa shape index (κ2) is 7.95. The molecule has 0 N–H and O–H groups in total. The minimum atomic E-state index is 0.560. The molecule has 0 amide bonds. The monoisotopic (exact) mass is 301 g/mol. The zero-order valence-corrected chi connectivity index (χ0v) is 12.9. The van der Waals surface area contributed by atoms with E-state index in [0.29, 0.717) is 13.2 Å². The van der Waals surface area contributed by atoms with Crippen LogP contribution in [0.15, 0.2) is 89.9 Å². The van der Waals surface area contributed by atoms with Crippen LogP contribution in [0.25, 0.3) is 0 Å². The molecule has 3 aromatic rings. The summed E-state index contributed by atoms with van der Waals surface area (Å²) in [5, 5.41) is 0. The second-order valence-corrected chi connectivity index (χ2v) is 5.27. The lowest BCUT2D eigenvalue weighted by atomic mass is 10.2. The van der Waals surface area contributed by atoms with Crippen molar-refractivity contribution >= 4 is 6.21 Å². The van der Waals surface area contributed by atoms with E-state index in [1.807, 2.05) is 66.9 Å². The van der Waals surface area contributed by atoms with Crippen LogP contribution < -0.4 is 4.74 Å². The Hall–Kier alpha value is -2.87. The number of hydrogen-bond acceptors (Lipinski definition) is 2. The maximum atomic E-state index is 5.93. The quantitative estimate of drug-likeness (QED) is 0.594. The summed E-state index contributed by atoms with van der Waals surface area (Å²) in [6, 6.07) is 28.4. The molecule has 0 saturated heterocycles. The number of hydrogen-bond donors (Lipinski definition) is 0.